The van der Waals surface area contributed by atoms with Crippen LogP contribution in [0, 0.1) is 11.3 Å². The molecular weight excluding hydrogens is 164 g/mol. The van der Waals surface area contributed by atoms with Gasteiger partial charge >= 0.3 is 0 Å². The van der Waals surface area contributed by atoms with E-state index in [2.05, 4.69) is 9.97 Å². The molecule has 0 amide bonds. The summed E-state index contributed by atoms with van der Waals surface area (Å²) >= 11 is 5.55. The highest BCUT2D eigenvalue weighted by atomic mass is 35.5. The molecule has 11 heavy (non-hydrogen) atoms. The zero-order valence-corrected chi connectivity index (χ0v) is 6.34. The maximum Gasteiger partial charge on any atom is 0.221 e. The van der Waals surface area contributed by atoms with Crippen LogP contribution in [0.1, 0.15) is 5.69 Å². The number of nitrogens with zero attached hydrogens (tertiary/aromatic N) is 3. The summed E-state index contributed by atoms with van der Waals surface area (Å²) in [6, 6.07) is 3.45. The molecule has 1 aromatic rings. The lowest BCUT2D eigenvalue weighted by Crippen LogP contribution is -1.98. The van der Waals surface area contributed by atoms with E-state index in [9.17, 15) is 0 Å². The topological polar surface area (TPSA) is 75.6 Å². The highest BCUT2D eigenvalue weighted by Crippen LogP contribution is 2.07. The number of nitrogen functional groups attached to an aromatic ring is 1. The quantitative estimate of drug-likeness (QED) is 0.629. The average molecular weight is 169 g/mol. The monoisotopic (exact) mass is 168 g/mol. The maximum absolute atomic E-state index is 8.31. The van der Waals surface area contributed by atoms with Crippen LogP contribution < -0.4 is 5.73 Å². The number of aromatic nitrogens is 2. The number of nitrogens with two attached hydrogens (primary N) is 1. The zero-order valence-electron chi connectivity index (χ0n) is 5.58. The number of hydrogen-bond donors (Lipinski definition) is 1. The Labute approximate surface area is 68.6 Å². The van der Waals surface area contributed by atoms with Crippen molar-refractivity contribution in [3.63, 3.8) is 0 Å². The van der Waals surface area contributed by atoms with E-state index >= 15 is 0 Å². The Morgan fingerprint density at radius 1 is 1.64 bits per heavy atom. The Morgan fingerprint density at radius 2 is 2.36 bits per heavy atom. The molecule has 56 valence electrons. The molecule has 2 N–H and O–H groups in total. The zero-order chi connectivity index (χ0) is 8.27. The number of rotatable bonds is 1. The summed E-state index contributed by atoms with van der Waals surface area (Å²) in [5.41, 5.74) is 5.82. The predicted molar refractivity (Wildman–Crippen MR) is 40.8 cm³/mol. The van der Waals surface area contributed by atoms with Gasteiger partial charge in [0, 0.05) is 0 Å². The van der Waals surface area contributed by atoms with Gasteiger partial charge in [-0.15, -0.1) is 0 Å². The summed E-state index contributed by atoms with van der Waals surface area (Å²) in [7, 11) is 0. The largest absolute Gasteiger partial charge is 0.368 e. The lowest BCUT2D eigenvalue weighted by molar-refractivity contribution is 1.07. The molecule has 0 bridgehead atoms. The van der Waals surface area contributed by atoms with Gasteiger partial charge in [-0.3, -0.25) is 0 Å². The van der Waals surface area contributed by atoms with Crippen LogP contribution in [0.2, 0.25) is 5.15 Å². The van der Waals surface area contributed by atoms with Crippen molar-refractivity contribution in [2.24, 2.45) is 0 Å². The summed E-state index contributed by atoms with van der Waals surface area (Å²) in [4.78, 5) is 7.42. The highest BCUT2D eigenvalue weighted by molar-refractivity contribution is 6.29. The molecular formula is C6H5ClN4. The van der Waals surface area contributed by atoms with Crippen molar-refractivity contribution in [2.75, 3.05) is 5.73 Å². The van der Waals surface area contributed by atoms with Gasteiger partial charge in [-0.1, -0.05) is 11.6 Å². The second kappa shape index (κ2) is 3.17. The lowest BCUT2D eigenvalue weighted by Gasteiger charge is -1.95. The van der Waals surface area contributed by atoms with Crippen LogP contribution >= 0.6 is 11.6 Å². The molecule has 1 rings (SSSR count). The first-order valence-corrected chi connectivity index (χ1v) is 3.26. The first kappa shape index (κ1) is 7.76. The molecule has 4 nitrogen and oxygen atoms in total. The van der Waals surface area contributed by atoms with Crippen LogP contribution in [0.25, 0.3) is 0 Å². The third-order valence-electron chi connectivity index (χ3n) is 1.03. The van der Waals surface area contributed by atoms with Crippen molar-refractivity contribution in [1.82, 2.24) is 9.97 Å². The van der Waals surface area contributed by atoms with E-state index in [1.165, 1.54) is 6.07 Å². The fraction of sp³-hybridized carbons (Fsp3) is 0.167. The molecule has 0 aliphatic carbocycles. The molecule has 0 saturated heterocycles. The standard InChI is InChI=1S/C6H5ClN4/c7-5-3-4(1-2-8)10-6(9)11-5/h3H,1H2,(H2,9,10,11). The van der Waals surface area contributed by atoms with E-state index < -0.39 is 0 Å². The summed E-state index contributed by atoms with van der Waals surface area (Å²) in [6.07, 6.45) is 0.201. The van der Waals surface area contributed by atoms with Crippen molar-refractivity contribution in [3.8, 4) is 6.07 Å². The molecule has 0 aliphatic rings. The van der Waals surface area contributed by atoms with Crippen molar-refractivity contribution < 1.29 is 0 Å². The Morgan fingerprint density at radius 3 is 2.91 bits per heavy atom. The fourth-order valence-corrected chi connectivity index (χ4v) is 0.868. The van der Waals surface area contributed by atoms with Crippen molar-refractivity contribution in [3.05, 3.63) is 16.9 Å². The molecule has 0 aromatic carbocycles. The lowest BCUT2D eigenvalue weighted by atomic mass is 10.3. The SMILES string of the molecule is N#CCc1cc(Cl)nc(N)n1. The molecule has 0 spiro atoms. The molecule has 0 saturated carbocycles. The molecule has 0 aliphatic heterocycles. The smallest absolute Gasteiger partial charge is 0.221 e. The minimum absolute atomic E-state index is 0.0998. The molecule has 0 unspecified atom stereocenters. The van der Waals surface area contributed by atoms with Crippen LogP contribution in [-0.2, 0) is 6.42 Å². The van der Waals surface area contributed by atoms with Gasteiger partial charge < -0.3 is 5.73 Å². The van der Waals surface area contributed by atoms with Gasteiger partial charge in [0.1, 0.15) is 5.15 Å². The molecule has 5 heteroatoms. The van der Waals surface area contributed by atoms with Crippen LogP contribution in [0.5, 0.6) is 0 Å². The summed E-state index contributed by atoms with van der Waals surface area (Å²) in [6.45, 7) is 0. The maximum atomic E-state index is 8.31. The van der Waals surface area contributed by atoms with E-state index in [1.54, 1.807) is 0 Å². The minimum atomic E-state index is 0.0998. The van der Waals surface area contributed by atoms with Gasteiger partial charge in [0.2, 0.25) is 5.95 Å². The van der Waals surface area contributed by atoms with Crippen LogP contribution in [0.15, 0.2) is 6.07 Å². The van der Waals surface area contributed by atoms with Crippen molar-refractivity contribution >= 4 is 17.5 Å². The van der Waals surface area contributed by atoms with Gasteiger partial charge in [-0.05, 0) is 6.07 Å². The Bertz CT molecular complexity index is 284. The second-order valence-electron chi connectivity index (χ2n) is 1.88. The van der Waals surface area contributed by atoms with Gasteiger partial charge in [0.05, 0.1) is 18.2 Å². The first-order chi connectivity index (χ1) is 5.22. The molecule has 0 fully saturated rings. The molecule has 1 heterocycles. The van der Waals surface area contributed by atoms with Gasteiger partial charge in [-0.2, -0.15) is 5.26 Å². The van der Waals surface area contributed by atoms with Crippen molar-refractivity contribution in [2.45, 2.75) is 6.42 Å². The van der Waals surface area contributed by atoms with E-state index in [0.717, 1.165) is 0 Å². The van der Waals surface area contributed by atoms with E-state index in [4.69, 9.17) is 22.6 Å². The summed E-state index contributed by atoms with van der Waals surface area (Å²) < 4.78 is 0. The third-order valence-corrected chi connectivity index (χ3v) is 1.22. The average Bonchev–Trinajstić information content (AvgIpc) is 1.85. The van der Waals surface area contributed by atoms with E-state index in [1.807, 2.05) is 6.07 Å². The van der Waals surface area contributed by atoms with Crippen LogP contribution in [0.3, 0.4) is 0 Å². The molecule has 0 radical (unpaired) electrons. The minimum Gasteiger partial charge on any atom is -0.368 e. The van der Waals surface area contributed by atoms with Gasteiger partial charge in [-0.25, -0.2) is 9.97 Å². The van der Waals surface area contributed by atoms with Gasteiger partial charge in [0.15, 0.2) is 0 Å². The van der Waals surface area contributed by atoms with Crippen LogP contribution in [-0.4, -0.2) is 9.97 Å². The van der Waals surface area contributed by atoms with Crippen LogP contribution in [0.4, 0.5) is 5.95 Å². The number of halogens is 1. The summed E-state index contributed by atoms with van der Waals surface area (Å²) in [5, 5.41) is 8.57. The predicted octanol–water partition coefficient (Wildman–Crippen LogP) is 0.778. The number of nitriles is 1. The Hall–Kier alpha value is -1.34. The Balaban J connectivity index is 3.01. The highest BCUT2D eigenvalue weighted by Gasteiger charge is 1.98. The molecule has 1 aromatic heterocycles. The van der Waals surface area contributed by atoms with E-state index in [0.29, 0.717) is 5.69 Å². The number of anilines is 1. The third kappa shape index (κ3) is 2.06. The van der Waals surface area contributed by atoms with E-state index in [-0.39, 0.29) is 17.5 Å². The fourth-order valence-electron chi connectivity index (χ4n) is 0.655. The second-order valence-corrected chi connectivity index (χ2v) is 2.26. The van der Waals surface area contributed by atoms with Gasteiger partial charge in [0.25, 0.3) is 0 Å². The Kier molecular flexibility index (Phi) is 2.24. The molecule has 0 atom stereocenters. The normalized spacial score (nSPS) is 9.09. The summed E-state index contributed by atoms with van der Waals surface area (Å²) in [5.74, 6) is 0.0998. The number of hydrogen-bond acceptors (Lipinski definition) is 4. The first-order valence-electron chi connectivity index (χ1n) is 2.88. The van der Waals surface area contributed by atoms with Crippen molar-refractivity contribution in [1.29, 1.82) is 5.26 Å².